The maximum atomic E-state index is 8.78. The summed E-state index contributed by atoms with van der Waals surface area (Å²) in [6, 6.07) is 0. The molecule has 0 saturated heterocycles. The Morgan fingerprint density at radius 3 is 2.92 bits per heavy atom. The number of halogens is 1. The van der Waals surface area contributed by atoms with Crippen molar-refractivity contribution in [2.45, 2.75) is 20.0 Å². The molecule has 1 aromatic heterocycles. The Kier molecular flexibility index (Phi) is 3.31. The van der Waals surface area contributed by atoms with Gasteiger partial charge in [0.05, 0.1) is 12.3 Å². The van der Waals surface area contributed by atoms with Crippen LogP contribution in [0.5, 0.6) is 0 Å². The van der Waals surface area contributed by atoms with Crippen molar-refractivity contribution < 1.29 is 5.11 Å². The van der Waals surface area contributed by atoms with Crippen LogP contribution in [0.2, 0.25) is 5.15 Å². The average molecular weight is 187 g/mol. The maximum absolute atomic E-state index is 8.78. The lowest BCUT2D eigenvalue weighted by atomic mass is 10.4. The highest BCUT2D eigenvalue weighted by Crippen LogP contribution is 2.13. The number of aromatic amines is 1. The molecular formula is C8H11ClN2O. The Hall–Kier alpha value is -0.800. The number of allylic oxidation sites excluding steroid dienone is 1. The van der Waals surface area contributed by atoms with Gasteiger partial charge in [-0.2, -0.15) is 0 Å². The van der Waals surface area contributed by atoms with E-state index in [0.29, 0.717) is 16.7 Å². The van der Waals surface area contributed by atoms with E-state index in [9.17, 15) is 0 Å². The summed E-state index contributed by atoms with van der Waals surface area (Å²) < 4.78 is 0. The molecule has 0 aliphatic heterocycles. The van der Waals surface area contributed by atoms with Crippen LogP contribution in [0, 0.1) is 0 Å². The zero-order valence-corrected chi connectivity index (χ0v) is 7.60. The van der Waals surface area contributed by atoms with Crippen LogP contribution in [-0.2, 0) is 6.61 Å². The first-order chi connectivity index (χ1) is 5.77. The molecule has 3 nitrogen and oxygen atoms in total. The summed E-state index contributed by atoms with van der Waals surface area (Å²) in [4.78, 5) is 6.87. The largest absolute Gasteiger partial charge is 0.390 e. The maximum Gasteiger partial charge on any atom is 0.153 e. The van der Waals surface area contributed by atoms with Gasteiger partial charge in [-0.15, -0.1) is 0 Å². The highest BCUT2D eigenvalue weighted by Gasteiger charge is 2.03. The van der Waals surface area contributed by atoms with E-state index in [1.54, 1.807) is 0 Å². The van der Waals surface area contributed by atoms with E-state index in [4.69, 9.17) is 16.7 Å². The van der Waals surface area contributed by atoms with Crippen LogP contribution in [0.1, 0.15) is 24.9 Å². The minimum Gasteiger partial charge on any atom is -0.390 e. The van der Waals surface area contributed by atoms with Gasteiger partial charge < -0.3 is 10.1 Å². The van der Waals surface area contributed by atoms with Crippen LogP contribution in [0.4, 0.5) is 0 Å². The third-order valence-electron chi connectivity index (χ3n) is 1.42. The fourth-order valence-electron chi connectivity index (χ4n) is 0.821. The van der Waals surface area contributed by atoms with Gasteiger partial charge in [0.25, 0.3) is 0 Å². The summed E-state index contributed by atoms with van der Waals surface area (Å²) >= 11 is 5.69. The van der Waals surface area contributed by atoms with E-state index in [2.05, 4.69) is 9.97 Å². The van der Waals surface area contributed by atoms with Crippen LogP contribution in [-0.4, -0.2) is 15.1 Å². The number of hydrogen-bond acceptors (Lipinski definition) is 2. The molecule has 0 unspecified atom stereocenters. The molecule has 1 aromatic rings. The molecule has 0 aromatic carbocycles. The van der Waals surface area contributed by atoms with Gasteiger partial charge in [0, 0.05) is 0 Å². The number of rotatable bonds is 3. The zero-order chi connectivity index (χ0) is 8.97. The van der Waals surface area contributed by atoms with Crippen molar-refractivity contribution >= 4 is 17.7 Å². The third kappa shape index (κ3) is 2.09. The fourth-order valence-corrected chi connectivity index (χ4v) is 1.02. The van der Waals surface area contributed by atoms with Gasteiger partial charge in [-0.25, -0.2) is 4.98 Å². The van der Waals surface area contributed by atoms with Crippen molar-refractivity contribution in [3.05, 3.63) is 22.7 Å². The van der Waals surface area contributed by atoms with Crippen molar-refractivity contribution in [2.24, 2.45) is 0 Å². The van der Waals surface area contributed by atoms with Crippen molar-refractivity contribution in [2.75, 3.05) is 0 Å². The molecule has 0 atom stereocenters. The molecule has 1 heterocycles. The molecule has 12 heavy (non-hydrogen) atoms. The molecule has 66 valence electrons. The Morgan fingerprint density at radius 1 is 1.67 bits per heavy atom. The molecule has 0 amide bonds. The van der Waals surface area contributed by atoms with Crippen molar-refractivity contribution in [1.82, 2.24) is 9.97 Å². The highest BCUT2D eigenvalue weighted by atomic mass is 35.5. The number of nitrogens with one attached hydrogen (secondary N) is 1. The molecule has 0 saturated carbocycles. The lowest BCUT2D eigenvalue weighted by molar-refractivity contribution is 0.277. The first-order valence-corrected chi connectivity index (χ1v) is 4.17. The predicted molar refractivity (Wildman–Crippen MR) is 48.8 cm³/mol. The first-order valence-electron chi connectivity index (χ1n) is 3.79. The number of aromatic nitrogens is 2. The molecule has 0 bridgehead atoms. The quantitative estimate of drug-likeness (QED) is 0.759. The molecule has 0 radical (unpaired) electrons. The Labute approximate surface area is 76.1 Å². The summed E-state index contributed by atoms with van der Waals surface area (Å²) in [5, 5.41) is 9.12. The summed E-state index contributed by atoms with van der Waals surface area (Å²) in [5.41, 5.74) is 0.562. The molecule has 1 rings (SSSR count). The van der Waals surface area contributed by atoms with E-state index < -0.39 is 0 Å². The molecule has 0 fully saturated rings. The first kappa shape index (κ1) is 9.29. The number of aliphatic hydroxyl groups excluding tert-OH is 1. The number of imidazole rings is 1. The third-order valence-corrected chi connectivity index (χ3v) is 1.73. The van der Waals surface area contributed by atoms with Crippen LogP contribution in [0.25, 0.3) is 6.08 Å². The number of H-pyrrole nitrogens is 1. The van der Waals surface area contributed by atoms with Gasteiger partial charge in [-0.3, -0.25) is 0 Å². The molecular weight excluding hydrogens is 176 g/mol. The van der Waals surface area contributed by atoms with Crippen molar-refractivity contribution in [3.8, 4) is 0 Å². The minimum absolute atomic E-state index is 0.105. The number of nitrogens with zero attached hydrogens (tertiary/aromatic N) is 1. The number of aliphatic hydroxyl groups is 1. The van der Waals surface area contributed by atoms with Gasteiger partial charge in [-0.05, 0) is 12.5 Å². The van der Waals surface area contributed by atoms with Crippen LogP contribution >= 0.6 is 11.6 Å². The second kappa shape index (κ2) is 4.28. The lowest BCUT2D eigenvalue weighted by Crippen LogP contribution is -1.82. The van der Waals surface area contributed by atoms with Gasteiger partial charge in [0.15, 0.2) is 5.15 Å². The fraction of sp³-hybridized carbons (Fsp3) is 0.375. The van der Waals surface area contributed by atoms with Crippen LogP contribution in [0.3, 0.4) is 0 Å². The molecule has 0 aliphatic rings. The smallest absolute Gasteiger partial charge is 0.153 e. The molecule has 2 N–H and O–H groups in total. The van der Waals surface area contributed by atoms with Gasteiger partial charge >= 0.3 is 0 Å². The summed E-state index contributed by atoms with van der Waals surface area (Å²) in [6.45, 7) is 1.93. The summed E-state index contributed by atoms with van der Waals surface area (Å²) in [5.74, 6) is 0.686. The minimum atomic E-state index is -0.105. The van der Waals surface area contributed by atoms with Gasteiger partial charge in [0.2, 0.25) is 0 Å². The predicted octanol–water partition coefficient (Wildman–Crippen LogP) is 1.98. The van der Waals surface area contributed by atoms with E-state index in [0.717, 1.165) is 6.42 Å². The van der Waals surface area contributed by atoms with Gasteiger partial charge in [0.1, 0.15) is 5.82 Å². The van der Waals surface area contributed by atoms with E-state index >= 15 is 0 Å². The molecule has 0 aliphatic carbocycles. The zero-order valence-electron chi connectivity index (χ0n) is 6.84. The SMILES string of the molecule is CC/C=C/c1nc(Cl)c(CO)[nH]1. The monoisotopic (exact) mass is 186 g/mol. The number of hydrogen-bond donors (Lipinski definition) is 2. The molecule has 0 spiro atoms. The molecule has 4 heteroatoms. The van der Waals surface area contributed by atoms with Crippen LogP contribution in [0.15, 0.2) is 6.08 Å². The highest BCUT2D eigenvalue weighted by molar-refractivity contribution is 6.30. The van der Waals surface area contributed by atoms with E-state index in [-0.39, 0.29) is 6.61 Å². The Balaban J connectivity index is 2.82. The Morgan fingerprint density at radius 2 is 2.42 bits per heavy atom. The van der Waals surface area contributed by atoms with Crippen molar-refractivity contribution in [1.29, 1.82) is 0 Å². The summed E-state index contributed by atoms with van der Waals surface area (Å²) in [6.07, 6.45) is 4.76. The summed E-state index contributed by atoms with van der Waals surface area (Å²) in [7, 11) is 0. The second-order valence-electron chi connectivity index (χ2n) is 2.36. The topological polar surface area (TPSA) is 48.9 Å². The second-order valence-corrected chi connectivity index (χ2v) is 2.72. The Bertz CT molecular complexity index is 281. The van der Waals surface area contributed by atoms with Gasteiger partial charge in [-0.1, -0.05) is 24.6 Å². The van der Waals surface area contributed by atoms with E-state index in [1.165, 1.54) is 0 Å². The average Bonchev–Trinajstić information content (AvgIpc) is 2.43. The van der Waals surface area contributed by atoms with E-state index in [1.807, 2.05) is 19.1 Å². The normalized spacial score (nSPS) is 11.2. The standard InChI is InChI=1S/C8H11ClN2O/c1-2-3-4-7-10-6(5-12)8(9)11-7/h3-4,12H,2,5H2,1H3,(H,10,11)/b4-3+. The lowest BCUT2D eigenvalue weighted by Gasteiger charge is -1.86. The van der Waals surface area contributed by atoms with Crippen molar-refractivity contribution in [3.63, 3.8) is 0 Å². The van der Waals surface area contributed by atoms with Crippen LogP contribution < -0.4 is 0 Å².